The number of amides is 1. The van der Waals surface area contributed by atoms with Gasteiger partial charge in [-0.3, -0.25) is 9.48 Å². The van der Waals surface area contributed by atoms with Gasteiger partial charge >= 0.3 is 0 Å². The van der Waals surface area contributed by atoms with E-state index in [1.807, 2.05) is 10.7 Å². The third-order valence-electron chi connectivity index (χ3n) is 4.23. The highest BCUT2D eigenvalue weighted by Crippen LogP contribution is 2.25. The highest BCUT2D eigenvalue weighted by molar-refractivity contribution is 5.91. The summed E-state index contributed by atoms with van der Waals surface area (Å²) in [7, 11) is 0. The minimum Gasteiger partial charge on any atom is -0.459 e. The van der Waals surface area contributed by atoms with Gasteiger partial charge in [-0.2, -0.15) is 5.10 Å². The van der Waals surface area contributed by atoms with Crippen LogP contribution in [0, 0.1) is 0 Å². The molecule has 0 radical (unpaired) electrons. The molecule has 4 rings (SSSR count). The van der Waals surface area contributed by atoms with Crippen molar-refractivity contribution in [1.29, 1.82) is 0 Å². The predicted octanol–water partition coefficient (Wildman–Crippen LogP) is 1.65. The Morgan fingerprint density at radius 1 is 1.24 bits per heavy atom. The Labute approximate surface area is 144 Å². The molecule has 0 saturated heterocycles. The second-order valence-corrected chi connectivity index (χ2v) is 5.87. The van der Waals surface area contributed by atoms with Gasteiger partial charge in [0.15, 0.2) is 5.76 Å². The maximum atomic E-state index is 12.0. The standard InChI is InChI=1S/C17H18N6O2/c24-16(15-3-1-10-25-15)18-8-4-13-11-22(17-19-6-2-7-20-17)12-14-5-9-21-23(13)14/h1-3,5-7,9-10,13H,4,8,11-12H2,(H,18,24)/t13-/m1/s1. The number of fused-ring (bicyclic) bond motifs is 1. The molecule has 3 aromatic rings. The summed E-state index contributed by atoms with van der Waals surface area (Å²) in [6.45, 7) is 2.00. The van der Waals surface area contributed by atoms with Gasteiger partial charge in [-0.25, -0.2) is 9.97 Å². The van der Waals surface area contributed by atoms with E-state index in [4.69, 9.17) is 4.42 Å². The Balaban J connectivity index is 1.43. The zero-order valence-corrected chi connectivity index (χ0v) is 13.6. The van der Waals surface area contributed by atoms with Crippen molar-refractivity contribution in [2.75, 3.05) is 18.0 Å². The number of carbonyl (C=O) groups is 1. The van der Waals surface area contributed by atoms with E-state index in [0.717, 1.165) is 25.2 Å². The Hall–Kier alpha value is -3.16. The van der Waals surface area contributed by atoms with Crippen molar-refractivity contribution in [3.05, 3.63) is 60.6 Å². The van der Waals surface area contributed by atoms with Gasteiger partial charge in [0.2, 0.25) is 5.95 Å². The summed E-state index contributed by atoms with van der Waals surface area (Å²) in [6.07, 6.45) is 7.53. The number of aromatic nitrogens is 4. The molecule has 1 amide bonds. The highest BCUT2D eigenvalue weighted by Gasteiger charge is 2.26. The van der Waals surface area contributed by atoms with Crippen molar-refractivity contribution < 1.29 is 9.21 Å². The number of nitrogens with zero attached hydrogens (tertiary/aromatic N) is 5. The first-order valence-electron chi connectivity index (χ1n) is 8.17. The lowest BCUT2D eigenvalue weighted by Gasteiger charge is -2.33. The minimum absolute atomic E-state index is 0.138. The van der Waals surface area contributed by atoms with Crippen LogP contribution in [0.25, 0.3) is 0 Å². The van der Waals surface area contributed by atoms with Crippen LogP contribution in [-0.4, -0.2) is 38.7 Å². The van der Waals surface area contributed by atoms with Crippen molar-refractivity contribution >= 4 is 11.9 Å². The highest BCUT2D eigenvalue weighted by atomic mass is 16.3. The molecule has 0 unspecified atom stereocenters. The van der Waals surface area contributed by atoms with Crippen LogP contribution in [0.5, 0.6) is 0 Å². The quantitative estimate of drug-likeness (QED) is 0.761. The van der Waals surface area contributed by atoms with Crippen LogP contribution in [0.15, 0.2) is 53.5 Å². The summed E-state index contributed by atoms with van der Waals surface area (Å²) < 4.78 is 7.13. The Morgan fingerprint density at radius 3 is 2.92 bits per heavy atom. The summed E-state index contributed by atoms with van der Waals surface area (Å²) in [5.74, 6) is 0.826. The molecule has 25 heavy (non-hydrogen) atoms. The number of hydrogen-bond acceptors (Lipinski definition) is 6. The van der Waals surface area contributed by atoms with Gasteiger partial charge in [0, 0.05) is 31.7 Å². The maximum absolute atomic E-state index is 12.0. The van der Waals surface area contributed by atoms with Gasteiger partial charge in [0.25, 0.3) is 5.91 Å². The molecule has 1 atom stereocenters. The van der Waals surface area contributed by atoms with E-state index in [1.165, 1.54) is 6.26 Å². The first-order chi connectivity index (χ1) is 12.3. The molecule has 0 spiro atoms. The van der Waals surface area contributed by atoms with E-state index in [9.17, 15) is 4.79 Å². The number of rotatable bonds is 5. The lowest BCUT2D eigenvalue weighted by atomic mass is 10.1. The third kappa shape index (κ3) is 3.23. The van der Waals surface area contributed by atoms with Crippen molar-refractivity contribution in [2.45, 2.75) is 19.0 Å². The molecular formula is C17H18N6O2. The average Bonchev–Trinajstić information content (AvgIpc) is 3.34. The van der Waals surface area contributed by atoms with E-state index in [1.54, 1.807) is 36.8 Å². The van der Waals surface area contributed by atoms with Gasteiger partial charge in [-0.15, -0.1) is 0 Å². The monoisotopic (exact) mass is 338 g/mol. The molecule has 8 nitrogen and oxygen atoms in total. The first-order valence-corrected chi connectivity index (χ1v) is 8.17. The van der Waals surface area contributed by atoms with Gasteiger partial charge in [-0.1, -0.05) is 0 Å². The second-order valence-electron chi connectivity index (χ2n) is 5.87. The van der Waals surface area contributed by atoms with E-state index < -0.39 is 0 Å². The molecule has 1 aliphatic rings. The number of nitrogens with one attached hydrogen (secondary N) is 1. The molecule has 0 bridgehead atoms. The number of anilines is 1. The van der Waals surface area contributed by atoms with E-state index in [0.29, 0.717) is 18.3 Å². The molecule has 1 N–H and O–H groups in total. The smallest absolute Gasteiger partial charge is 0.286 e. The molecule has 8 heteroatoms. The molecule has 4 heterocycles. The molecule has 0 aliphatic carbocycles. The van der Waals surface area contributed by atoms with Gasteiger partial charge in [0.1, 0.15) is 0 Å². The van der Waals surface area contributed by atoms with Crippen molar-refractivity contribution in [3.8, 4) is 0 Å². The minimum atomic E-state index is -0.204. The molecule has 128 valence electrons. The van der Waals surface area contributed by atoms with E-state index in [2.05, 4.69) is 25.3 Å². The van der Waals surface area contributed by atoms with Crippen LogP contribution in [0.4, 0.5) is 5.95 Å². The Kier molecular flexibility index (Phi) is 4.16. The lowest BCUT2D eigenvalue weighted by molar-refractivity contribution is 0.0923. The van der Waals surface area contributed by atoms with Gasteiger partial charge < -0.3 is 14.6 Å². The number of hydrogen-bond donors (Lipinski definition) is 1. The summed E-state index contributed by atoms with van der Waals surface area (Å²) in [6, 6.07) is 7.29. The predicted molar refractivity (Wildman–Crippen MR) is 90.0 cm³/mol. The van der Waals surface area contributed by atoms with Crippen molar-refractivity contribution in [3.63, 3.8) is 0 Å². The molecule has 3 aromatic heterocycles. The summed E-state index contributed by atoms with van der Waals surface area (Å²) in [5, 5.41) is 7.32. The topological polar surface area (TPSA) is 89.1 Å². The lowest BCUT2D eigenvalue weighted by Crippen LogP contribution is -2.40. The normalized spacial score (nSPS) is 16.5. The zero-order valence-electron chi connectivity index (χ0n) is 13.6. The fraction of sp³-hybridized carbons (Fsp3) is 0.294. The summed E-state index contributed by atoms with van der Waals surface area (Å²) in [4.78, 5) is 22.8. The Morgan fingerprint density at radius 2 is 2.12 bits per heavy atom. The average molecular weight is 338 g/mol. The maximum Gasteiger partial charge on any atom is 0.286 e. The molecule has 0 fully saturated rings. The van der Waals surface area contributed by atoms with Crippen LogP contribution in [0.1, 0.15) is 28.7 Å². The van der Waals surface area contributed by atoms with Crippen molar-refractivity contribution in [2.24, 2.45) is 0 Å². The van der Waals surface area contributed by atoms with Crippen molar-refractivity contribution in [1.82, 2.24) is 25.1 Å². The van der Waals surface area contributed by atoms with Crippen LogP contribution in [0.3, 0.4) is 0 Å². The largest absolute Gasteiger partial charge is 0.459 e. The van der Waals surface area contributed by atoms with E-state index in [-0.39, 0.29) is 11.9 Å². The summed E-state index contributed by atoms with van der Waals surface area (Å²) in [5.41, 5.74) is 1.11. The van der Waals surface area contributed by atoms with Gasteiger partial charge in [-0.05, 0) is 30.7 Å². The third-order valence-corrected chi connectivity index (χ3v) is 4.23. The molecule has 1 aliphatic heterocycles. The first kappa shape index (κ1) is 15.4. The fourth-order valence-electron chi connectivity index (χ4n) is 3.06. The van der Waals surface area contributed by atoms with Crippen LogP contribution in [-0.2, 0) is 6.54 Å². The molecule has 0 saturated carbocycles. The van der Waals surface area contributed by atoms with Crippen LogP contribution < -0.4 is 10.2 Å². The Bertz CT molecular complexity index is 830. The SMILES string of the molecule is O=C(NCC[C@@H]1CN(c2ncccn2)Cc2ccnn21)c1ccco1. The fourth-order valence-corrected chi connectivity index (χ4v) is 3.06. The molecular weight excluding hydrogens is 320 g/mol. The van der Waals surface area contributed by atoms with Crippen LogP contribution >= 0.6 is 0 Å². The summed E-state index contributed by atoms with van der Waals surface area (Å²) >= 11 is 0. The van der Waals surface area contributed by atoms with Gasteiger partial charge in [0.05, 0.1) is 24.5 Å². The molecule has 0 aromatic carbocycles. The second kappa shape index (κ2) is 6.76. The van der Waals surface area contributed by atoms with Crippen LogP contribution in [0.2, 0.25) is 0 Å². The zero-order chi connectivity index (χ0) is 17.1. The number of carbonyl (C=O) groups excluding carboxylic acids is 1. The number of furan rings is 1. The van der Waals surface area contributed by atoms with E-state index >= 15 is 0 Å².